The van der Waals surface area contributed by atoms with Crippen molar-refractivity contribution in [2.24, 2.45) is 17.1 Å². The first-order valence-corrected chi connectivity index (χ1v) is 8.28. The van der Waals surface area contributed by atoms with Gasteiger partial charge >= 0.3 is 0 Å². The second-order valence-corrected chi connectivity index (χ2v) is 7.19. The van der Waals surface area contributed by atoms with Crippen LogP contribution in [0, 0.1) is 11.3 Å². The molecule has 1 aliphatic rings. The molecule has 0 heterocycles. The van der Waals surface area contributed by atoms with E-state index >= 15 is 0 Å². The molecule has 1 saturated carbocycles. The van der Waals surface area contributed by atoms with Crippen molar-refractivity contribution >= 4 is 0 Å². The van der Waals surface area contributed by atoms with Gasteiger partial charge in [0.15, 0.2) is 0 Å². The molecule has 114 valence electrons. The number of hydrogen-bond acceptors (Lipinski definition) is 2. The van der Waals surface area contributed by atoms with Gasteiger partial charge in [0.2, 0.25) is 0 Å². The first-order valence-electron chi connectivity index (χ1n) is 8.28. The van der Waals surface area contributed by atoms with Crippen LogP contribution in [0.25, 0.3) is 0 Å². The van der Waals surface area contributed by atoms with E-state index in [1.54, 1.807) is 0 Å². The Kier molecular flexibility index (Phi) is 6.32. The maximum absolute atomic E-state index is 6.59. The van der Waals surface area contributed by atoms with Gasteiger partial charge < -0.3 is 10.5 Å². The number of nitrogens with two attached hydrogens (primary N) is 1. The van der Waals surface area contributed by atoms with Crippen LogP contribution in [0.3, 0.4) is 0 Å². The van der Waals surface area contributed by atoms with Crippen LogP contribution < -0.4 is 5.73 Å². The van der Waals surface area contributed by atoms with Gasteiger partial charge in [-0.25, -0.2) is 0 Å². The van der Waals surface area contributed by atoms with Gasteiger partial charge in [-0.3, -0.25) is 0 Å². The van der Waals surface area contributed by atoms with E-state index in [2.05, 4.69) is 34.6 Å². The van der Waals surface area contributed by atoms with Gasteiger partial charge in [-0.05, 0) is 50.4 Å². The zero-order valence-electron chi connectivity index (χ0n) is 13.8. The molecule has 0 saturated heterocycles. The van der Waals surface area contributed by atoms with Crippen LogP contribution in [0.1, 0.15) is 79.6 Å². The topological polar surface area (TPSA) is 35.2 Å². The summed E-state index contributed by atoms with van der Waals surface area (Å²) in [5, 5.41) is 0. The second-order valence-electron chi connectivity index (χ2n) is 7.19. The predicted octanol–water partition coefficient (Wildman–Crippen LogP) is 4.52. The van der Waals surface area contributed by atoms with Gasteiger partial charge in [0, 0.05) is 12.6 Å². The van der Waals surface area contributed by atoms with E-state index < -0.39 is 0 Å². The molecule has 1 aliphatic carbocycles. The summed E-state index contributed by atoms with van der Waals surface area (Å²) in [6.07, 6.45) is 8.33. The third-order valence-corrected chi connectivity index (χ3v) is 5.30. The molecule has 1 atom stereocenters. The fourth-order valence-electron chi connectivity index (χ4n) is 3.46. The zero-order chi connectivity index (χ0) is 14.5. The molecule has 0 bridgehead atoms. The van der Waals surface area contributed by atoms with Gasteiger partial charge in [0.25, 0.3) is 0 Å². The smallest absolute Gasteiger partial charge is 0.0832 e. The van der Waals surface area contributed by atoms with Crippen LogP contribution in [0.2, 0.25) is 0 Å². The summed E-state index contributed by atoms with van der Waals surface area (Å²) in [5.41, 5.74) is 7.00. The maximum atomic E-state index is 6.59. The molecule has 0 aromatic rings. The Morgan fingerprint density at radius 1 is 1.00 bits per heavy atom. The lowest BCUT2D eigenvalue weighted by Crippen LogP contribution is -2.53. The van der Waals surface area contributed by atoms with E-state index in [1.165, 1.54) is 25.7 Å². The minimum atomic E-state index is -0.0487. The van der Waals surface area contributed by atoms with Crippen LogP contribution >= 0.6 is 0 Å². The lowest BCUT2D eigenvalue weighted by atomic mass is 9.67. The third-order valence-electron chi connectivity index (χ3n) is 5.30. The fraction of sp³-hybridized carbons (Fsp3) is 1.00. The molecule has 0 amide bonds. The highest BCUT2D eigenvalue weighted by Gasteiger charge is 2.43. The normalized spacial score (nSPS) is 23.5. The highest BCUT2D eigenvalue weighted by Crippen LogP contribution is 2.44. The Morgan fingerprint density at radius 3 is 1.95 bits per heavy atom. The van der Waals surface area contributed by atoms with Crippen molar-refractivity contribution in [2.75, 3.05) is 6.61 Å². The van der Waals surface area contributed by atoms with E-state index in [0.29, 0.717) is 5.41 Å². The van der Waals surface area contributed by atoms with Gasteiger partial charge in [-0.1, -0.05) is 40.5 Å². The third kappa shape index (κ3) is 4.46. The second kappa shape index (κ2) is 7.08. The van der Waals surface area contributed by atoms with Crippen LogP contribution in [-0.4, -0.2) is 18.2 Å². The van der Waals surface area contributed by atoms with Gasteiger partial charge in [0.05, 0.1) is 5.60 Å². The molecule has 1 fully saturated rings. The van der Waals surface area contributed by atoms with Crippen molar-refractivity contribution in [1.29, 1.82) is 0 Å². The summed E-state index contributed by atoms with van der Waals surface area (Å²) in [5.74, 6) is 0.752. The Labute approximate surface area is 120 Å². The quantitative estimate of drug-likeness (QED) is 0.737. The molecule has 0 radical (unpaired) electrons. The minimum Gasteiger partial charge on any atom is -0.374 e. The summed E-state index contributed by atoms with van der Waals surface area (Å²) in [4.78, 5) is 0. The number of rotatable bonds is 7. The van der Waals surface area contributed by atoms with E-state index in [0.717, 1.165) is 31.8 Å². The lowest BCUT2D eigenvalue weighted by molar-refractivity contribution is -0.103. The van der Waals surface area contributed by atoms with Crippen molar-refractivity contribution in [1.82, 2.24) is 0 Å². The Bertz CT molecular complexity index is 248. The van der Waals surface area contributed by atoms with Crippen molar-refractivity contribution in [2.45, 2.75) is 91.2 Å². The predicted molar refractivity (Wildman–Crippen MR) is 83.3 cm³/mol. The molecule has 1 unspecified atom stereocenters. The molecular formula is C17H35NO. The summed E-state index contributed by atoms with van der Waals surface area (Å²) >= 11 is 0. The summed E-state index contributed by atoms with van der Waals surface area (Å²) in [7, 11) is 0. The zero-order valence-corrected chi connectivity index (χ0v) is 13.8. The number of ether oxygens (including phenoxy) is 1. The highest BCUT2D eigenvalue weighted by molar-refractivity contribution is 4.98. The first kappa shape index (κ1) is 17.0. The number of hydrogen-bond donors (Lipinski definition) is 1. The molecule has 1 rings (SSSR count). The molecule has 0 aromatic carbocycles. The van der Waals surface area contributed by atoms with E-state index in [1.807, 2.05) is 0 Å². The summed E-state index contributed by atoms with van der Waals surface area (Å²) < 4.78 is 6.19. The van der Waals surface area contributed by atoms with Gasteiger partial charge in [-0.15, -0.1) is 0 Å². The molecule has 0 aromatic heterocycles. The molecule has 0 spiro atoms. The molecular weight excluding hydrogens is 234 g/mol. The molecule has 0 aliphatic heterocycles. The minimum absolute atomic E-state index is 0.0487. The molecule has 2 N–H and O–H groups in total. The Balaban J connectivity index is 2.70. The fourth-order valence-corrected chi connectivity index (χ4v) is 3.46. The molecule has 2 nitrogen and oxygen atoms in total. The van der Waals surface area contributed by atoms with Crippen molar-refractivity contribution in [3.8, 4) is 0 Å². The summed E-state index contributed by atoms with van der Waals surface area (Å²) in [6, 6.07) is 0.202. The molecule has 19 heavy (non-hydrogen) atoms. The average Bonchev–Trinajstić information content (AvgIpc) is 2.38. The van der Waals surface area contributed by atoms with Crippen LogP contribution in [0.15, 0.2) is 0 Å². The van der Waals surface area contributed by atoms with E-state index in [-0.39, 0.29) is 11.6 Å². The van der Waals surface area contributed by atoms with Crippen LogP contribution in [-0.2, 0) is 4.74 Å². The lowest BCUT2D eigenvalue weighted by Gasteiger charge is -2.47. The Morgan fingerprint density at radius 2 is 1.53 bits per heavy atom. The first-order chi connectivity index (χ1) is 8.89. The SMILES string of the molecule is CCOC1(C(N)CC(CC)CC)CCC(C)(C)CC1. The van der Waals surface area contributed by atoms with Gasteiger partial charge in [0.1, 0.15) is 0 Å². The van der Waals surface area contributed by atoms with E-state index in [9.17, 15) is 0 Å². The summed E-state index contributed by atoms with van der Waals surface area (Å²) in [6.45, 7) is 12.2. The van der Waals surface area contributed by atoms with Gasteiger partial charge in [-0.2, -0.15) is 0 Å². The van der Waals surface area contributed by atoms with Crippen molar-refractivity contribution in [3.05, 3.63) is 0 Å². The monoisotopic (exact) mass is 269 g/mol. The van der Waals surface area contributed by atoms with Crippen molar-refractivity contribution in [3.63, 3.8) is 0 Å². The van der Waals surface area contributed by atoms with E-state index in [4.69, 9.17) is 10.5 Å². The average molecular weight is 269 g/mol. The highest BCUT2D eigenvalue weighted by atomic mass is 16.5. The largest absolute Gasteiger partial charge is 0.374 e. The van der Waals surface area contributed by atoms with Crippen molar-refractivity contribution < 1.29 is 4.74 Å². The van der Waals surface area contributed by atoms with Crippen LogP contribution in [0.5, 0.6) is 0 Å². The molecule has 2 heteroatoms. The standard InChI is InChI=1S/C17H35NO/c1-6-14(7-2)13-15(18)17(19-8-3)11-9-16(4,5)10-12-17/h14-15H,6-13,18H2,1-5H3. The van der Waals surface area contributed by atoms with Crippen LogP contribution in [0.4, 0.5) is 0 Å². The maximum Gasteiger partial charge on any atom is 0.0832 e. The Hall–Kier alpha value is -0.0800.